The second kappa shape index (κ2) is 9.53. The van der Waals surface area contributed by atoms with Crippen LogP contribution in [0.1, 0.15) is 24.6 Å². The fourth-order valence-corrected chi connectivity index (χ4v) is 4.76. The molecule has 3 aromatic heterocycles. The Hall–Kier alpha value is -2.53. The van der Waals surface area contributed by atoms with Crippen molar-refractivity contribution in [3.05, 3.63) is 41.6 Å². The predicted molar refractivity (Wildman–Crippen MR) is 126 cm³/mol. The molecule has 0 radical (unpaired) electrons. The van der Waals surface area contributed by atoms with Crippen molar-refractivity contribution in [2.45, 2.75) is 31.7 Å². The van der Waals surface area contributed by atoms with Gasteiger partial charge in [-0.05, 0) is 56.4 Å². The van der Waals surface area contributed by atoms with Crippen LogP contribution < -0.4 is 14.9 Å². The Kier molecular flexibility index (Phi) is 6.75. The van der Waals surface area contributed by atoms with E-state index < -0.39 is 10.0 Å². The predicted octanol–water partition coefficient (Wildman–Crippen LogP) is 2.01. The molecule has 32 heavy (non-hydrogen) atoms. The summed E-state index contributed by atoms with van der Waals surface area (Å²) >= 11 is 0. The summed E-state index contributed by atoms with van der Waals surface area (Å²) in [5.74, 6) is 0.636. The lowest BCUT2D eigenvalue weighted by Gasteiger charge is -2.36. The SMILES string of the molecule is CC[C@H]1COCCN1c1cc(CS(=O)(=O)NC)cc(-c2ccc3[nH]c(CNC)cc3n2)n1. The molecule has 0 aliphatic carbocycles. The van der Waals surface area contributed by atoms with Crippen LogP contribution >= 0.6 is 0 Å². The largest absolute Gasteiger partial charge is 0.377 e. The number of sulfonamides is 1. The number of hydrogen-bond donors (Lipinski definition) is 3. The van der Waals surface area contributed by atoms with Crippen LogP contribution in [0.2, 0.25) is 0 Å². The molecule has 1 aliphatic rings. The molecule has 172 valence electrons. The Morgan fingerprint density at radius 2 is 2.03 bits per heavy atom. The van der Waals surface area contributed by atoms with Gasteiger partial charge in [0.05, 0.1) is 47.4 Å². The van der Waals surface area contributed by atoms with Gasteiger partial charge in [-0.3, -0.25) is 0 Å². The van der Waals surface area contributed by atoms with Gasteiger partial charge in [-0.15, -0.1) is 0 Å². The maximum absolute atomic E-state index is 12.3. The van der Waals surface area contributed by atoms with Gasteiger partial charge in [-0.2, -0.15) is 0 Å². The molecule has 0 aromatic carbocycles. The van der Waals surface area contributed by atoms with Crippen LogP contribution in [0.4, 0.5) is 5.82 Å². The van der Waals surface area contributed by atoms with Crippen molar-refractivity contribution < 1.29 is 13.2 Å². The highest BCUT2D eigenvalue weighted by atomic mass is 32.2. The summed E-state index contributed by atoms with van der Waals surface area (Å²) in [6.07, 6.45) is 0.915. The highest BCUT2D eigenvalue weighted by molar-refractivity contribution is 7.88. The molecule has 1 aliphatic heterocycles. The van der Waals surface area contributed by atoms with Crippen molar-refractivity contribution >= 4 is 26.9 Å². The summed E-state index contributed by atoms with van der Waals surface area (Å²) in [4.78, 5) is 15.3. The van der Waals surface area contributed by atoms with Gasteiger partial charge in [0.25, 0.3) is 0 Å². The monoisotopic (exact) mass is 458 g/mol. The standard InChI is InChI=1S/C22H30N6O3S/c1-4-17-13-31-8-7-28(17)22-10-15(14-32(29,30)24-3)9-20(27-22)19-6-5-18-21(26-19)11-16(25-18)12-23-2/h5-6,9-11,17,23-25H,4,7-8,12-14H2,1-3H3/t17-/m0/s1. The average molecular weight is 459 g/mol. The minimum Gasteiger partial charge on any atom is -0.377 e. The van der Waals surface area contributed by atoms with Crippen molar-refractivity contribution in [1.82, 2.24) is 25.0 Å². The molecule has 3 N–H and O–H groups in total. The topological polar surface area (TPSA) is 112 Å². The molecule has 0 unspecified atom stereocenters. The van der Waals surface area contributed by atoms with E-state index >= 15 is 0 Å². The number of nitrogens with zero attached hydrogens (tertiary/aromatic N) is 3. The van der Waals surface area contributed by atoms with Crippen molar-refractivity contribution in [2.75, 3.05) is 38.8 Å². The molecule has 0 amide bonds. The van der Waals surface area contributed by atoms with E-state index in [9.17, 15) is 8.42 Å². The highest BCUT2D eigenvalue weighted by Crippen LogP contribution is 2.27. The van der Waals surface area contributed by atoms with Crippen LogP contribution in [0.5, 0.6) is 0 Å². The number of fused-ring (bicyclic) bond motifs is 1. The van der Waals surface area contributed by atoms with E-state index in [1.807, 2.05) is 37.4 Å². The maximum atomic E-state index is 12.3. The Morgan fingerprint density at radius 3 is 2.78 bits per heavy atom. The number of morpholine rings is 1. The first kappa shape index (κ1) is 22.7. The number of ether oxygens (including phenoxy) is 1. The van der Waals surface area contributed by atoms with Crippen molar-refractivity contribution in [1.29, 1.82) is 0 Å². The van der Waals surface area contributed by atoms with E-state index in [0.29, 0.717) is 36.7 Å². The van der Waals surface area contributed by atoms with E-state index in [-0.39, 0.29) is 11.8 Å². The molecule has 0 bridgehead atoms. The smallest absolute Gasteiger partial charge is 0.215 e. The summed E-state index contributed by atoms with van der Waals surface area (Å²) in [5, 5.41) is 3.13. The molecule has 1 fully saturated rings. The second-order valence-corrected chi connectivity index (χ2v) is 9.89. The number of pyridine rings is 2. The third-order valence-electron chi connectivity index (χ3n) is 5.69. The van der Waals surface area contributed by atoms with Gasteiger partial charge in [-0.1, -0.05) is 6.92 Å². The Bertz CT molecular complexity index is 1190. The molecule has 1 atom stereocenters. The normalized spacial score (nSPS) is 17.2. The first-order chi connectivity index (χ1) is 15.4. The van der Waals surface area contributed by atoms with Gasteiger partial charge >= 0.3 is 0 Å². The lowest BCUT2D eigenvalue weighted by molar-refractivity contribution is 0.0926. The lowest BCUT2D eigenvalue weighted by Crippen LogP contribution is -2.45. The molecule has 4 rings (SSSR count). The second-order valence-electron chi connectivity index (χ2n) is 7.97. The fourth-order valence-electron chi connectivity index (χ4n) is 4.01. The molecule has 0 saturated carbocycles. The van der Waals surface area contributed by atoms with Crippen LogP contribution in [0.25, 0.3) is 22.4 Å². The van der Waals surface area contributed by atoms with E-state index in [4.69, 9.17) is 14.7 Å². The molecular formula is C22H30N6O3S. The quantitative estimate of drug-likeness (QED) is 0.473. The number of anilines is 1. The van der Waals surface area contributed by atoms with E-state index in [1.165, 1.54) is 7.05 Å². The average Bonchev–Trinajstić information content (AvgIpc) is 3.20. The third-order valence-corrected chi connectivity index (χ3v) is 7.03. The zero-order valence-electron chi connectivity index (χ0n) is 18.7. The van der Waals surface area contributed by atoms with Gasteiger partial charge < -0.3 is 19.9 Å². The zero-order chi connectivity index (χ0) is 22.7. The van der Waals surface area contributed by atoms with Gasteiger partial charge in [0.15, 0.2) is 0 Å². The molecule has 4 heterocycles. The summed E-state index contributed by atoms with van der Waals surface area (Å²) in [7, 11) is -0.102. The number of hydrogen-bond acceptors (Lipinski definition) is 7. The molecule has 10 heteroatoms. The van der Waals surface area contributed by atoms with Crippen LogP contribution in [-0.2, 0) is 27.1 Å². The lowest BCUT2D eigenvalue weighted by atomic mass is 10.1. The van der Waals surface area contributed by atoms with Crippen molar-refractivity contribution in [3.63, 3.8) is 0 Å². The molecule has 0 spiro atoms. The zero-order valence-corrected chi connectivity index (χ0v) is 19.5. The van der Waals surface area contributed by atoms with Crippen LogP contribution in [0.15, 0.2) is 30.3 Å². The first-order valence-corrected chi connectivity index (χ1v) is 12.5. The Labute approximate surface area is 188 Å². The van der Waals surface area contributed by atoms with E-state index in [0.717, 1.165) is 35.5 Å². The minimum atomic E-state index is -3.43. The molecule has 9 nitrogen and oxygen atoms in total. The van der Waals surface area contributed by atoms with Gasteiger partial charge in [0, 0.05) is 18.8 Å². The number of rotatable bonds is 8. The minimum absolute atomic E-state index is 0.119. The number of aromatic amines is 1. The van der Waals surface area contributed by atoms with Crippen LogP contribution in [0, 0.1) is 0 Å². The van der Waals surface area contributed by atoms with Gasteiger partial charge in [0.1, 0.15) is 5.82 Å². The Morgan fingerprint density at radius 1 is 1.19 bits per heavy atom. The summed E-state index contributed by atoms with van der Waals surface area (Å²) < 4.78 is 32.6. The van der Waals surface area contributed by atoms with Crippen LogP contribution in [0.3, 0.4) is 0 Å². The summed E-state index contributed by atoms with van der Waals surface area (Å²) in [5.41, 5.74) is 4.89. The van der Waals surface area contributed by atoms with Gasteiger partial charge in [-0.25, -0.2) is 23.1 Å². The van der Waals surface area contributed by atoms with Crippen molar-refractivity contribution in [2.24, 2.45) is 0 Å². The number of nitrogens with one attached hydrogen (secondary N) is 3. The maximum Gasteiger partial charge on any atom is 0.215 e. The number of aromatic nitrogens is 3. The fraction of sp³-hybridized carbons (Fsp3) is 0.455. The summed E-state index contributed by atoms with van der Waals surface area (Å²) in [6.45, 7) is 4.81. The number of H-pyrrole nitrogens is 1. The molecule has 1 saturated heterocycles. The van der Waals surface area contributed by atoms with Crippen molar-refractivity contribution in [3.8, 4) is 11.4 Å². The first-order valence-electron chi connectivity index (χ1n) is 10.8. The van der Waals surface area contributed by atoms with Gasteiger partial charge in [0.2, 0.25) is 10.0 Å². The summed E-state index contributed by atoms with van der Waals surface area (Å²) in [6, 6.07) is 9.80. The Balaban J connectivity index is 1.78. The van der Waals surface area contributed by atoms with E-state index in [2.05, 4.69) is 26.8 Å². The third kappa shape index (κ3) is 4.93. The van der Waals surface area contributed by atoms with Crippen LogP contribution in [-0.4, -0.2) is 63.3 Å². The van der Waals surface area contributed by atoms with E-state index in [1.54, 1.807) is 0 Å². The molecular weight excluding hydrogens is 428 g/mol. The highest BCUT2D eigenvalue weighted by Gasteiger charge is 2.24. The molecule has 3 aromatic rings.